The van der Waals surface area contributed by atoms with Crippen LogP contribution in [0.1, 0.15) is 12.8 Å². The lowest BCUT2D eigenvalue weighted by molar-refractivity contribution is 0.477. The topological polar surface area (TPSA) is 50.3 Å². The number of halogens is 1. The Kier molecular flexibility index (Phi) is 6.68. The van der Waals surface area contributed by atoms with Crippen LogP contribution in [0.15, 0.2) is 57.4 Å². The van der Waals surface area contributed by atoms with E-state index in [2.05, 4.69) is 4.98 Å². The molecule has 1 aliphatic heterocycles. The maximum Gasteiger partial charge on any atom is 0.244 e. The second-order valence-corrected chi connectivity index (χ2v) is 10.3. The summed E-state index contributed by atoms with van der Waals surface area (Å²) < 4.78 is 26.4. The maximum absolute atomic E-state index is 12.5. The summed E-state index contributed by atoms with van der Waals surface area (Å²) in [6.45, 7) is 1.22. The molecule has 2 heterocycles. The highest BCUT2D eigenvalue weighted by Gasteiger charge is 2.27. The van der Waals surface area contributed by atoms with Gasteiger partial charge in [-0.1, -0.05) is 11.6 Å². The van der Waals surface area contributed by atoms with Gasteiger partial charge in [0.25, 0.3) is 0 Å². The Morgan fingerprint density at radius 2 is 1.68 bits per heavy atom. The predicted octanol–water partition coefficient (Wildman–Crippen LogP) is 4.40. The van der Waals surface area contributed by atoms with Crippen LogP contribution >= 0.6 is 35.1 Å². The first-order valence-corrected chi connectivity index (χ1v) is 11.8. The van der Waals surface area contributed by atoms with Gasteiger partial charge in [-0.3, -0.25) is 0 Å². The number of benzene rings is 1. The summed E-state index contributed by atoms with van der Waals surface area (Å²) in [7, 11) is -3.37. The fourth-order valence-electron chi connectivity index (χ4n) is 2.52. The van der Waals surface area contributed by atoms with Gasteiger partial charge in [-0.2, -0.15) is 4.31 Å². The van der Waals surface area contributed by atoms with Crippen molar-refractivity contribution in [3.05, 3.63) is 47.6 Å². The molecule has 1 aromatic heterocycles. The largest absolute Gasteiger partial charge is 0.249 e. The number of hydrogen-bond donors (Lipinski definition) is 0. The van der Waals surface area contributed by atoms with Gasteiger partial charge in [0.15, 0.2) is 0 Å². The second kappa shape index (κ2) is 8.77. The van der Waals surface area contributed by atoms with Crippen molar-refractivity contribution in [1.29, 1.82) is 0 Å². The van der Waals surface area contributed by atoms with Gasteiger partial charge in [0.05, 0.1) is 5.03 Å². The smallest absolute Gasteiger partial charge is 0.244 e. The highest BCUT2D eigenvalue weighted by Crippen LogP contribution is 2.25. The third-order valence-corrected chi connectivity index (χ3v) is 8.18. The quantitative estimate of drug-likeness (QED) is 0.496. The lowest BCUT2D eigenvalue weighted by Crippen LogP contribution is -2.27. The van der Waals surface area contributed by atoms with E-state index >= 15 is 0 Å². The van der Waals surface area contributed by atoms with Gasteiger partial charge < -0.3 is 0 Å². The van der Waals surface area contributed by atoms with E-state index in [0.717, 1.165) is 34.4 Å². The molecule has 8 heteroatoms. The van der Waals surface area contributed by atoms with Gasteiger partial charge in [0.1, 0.15) is 4.90 Å². The number of rotatable bonds is 7. The van der Waals surface area contributed by atoms with Crippen molar-refractivity contribution in [2.24, 2.45) is 0 Å². The van der Waals surface area contributed by atoms with Gasteiger partial charge in [-0.15, -0.1) is 23.5 Å². The van der Waals surface area contributed by atoms with Crippen molar-refractivity contribution in [1.82, 2.24) is 9.29 Å². The monoisotopic (exact) mass is 414 g/mol. The van der Waals surface area contributed by atoms with Crippen LogP contribution in [0, 0.1) is 0 Å². The fraction of sp³-hybridized carbons (Fsp3) is 0.353. The molecule has 0 spiro atoms. The third kappa shape index (κ3) is 5.14. The summed E-state index contributed by atoms with van der Waals surface area (Å²) in [6, 6.07) is 11.2. The summed E-state index contributed by atoms with van der Waals surface area (Å²) in [5.41, 5.74) is 0. The van der Waals surface area contributed by atoms with E-state index in [4.69, 9.17) is 11.6 Å². The molecule has 0 N–H and O–H groups in total. The first-order valence-electron chi connectivity index (χ1n) is 8.03. The number of nitrogens with zero attached hydrogens (tertiary/aromatic N) is 2. The standard InChI is InChI=1S/C17H19ClN2O2S3/c18-14-3-5-15(6-4-14)23-11-12-24-17-8-7-16(13-19-17)25(21,22)20-9-1-2-10-20/h3-8,13H,1-2,9-12H2. The van der Waals surface area contributed by atoms with Gasteiger partial charge in [-0.25, -0.2) is 13.4 Å². The Morgan fingerprint density at radius 3 is 2.32 bits per heavy atom. The number of hydrogen-bond acceptors (Lipinski definition) is 5. The molecule has 134 valence electrons. The molecule has 4 nitrogen and oxygen atoms in total. The van der Waals surface area contributed by atoms with Crippen LogP contribution in [0.2, 0.25) is 5.02 Å². The molecular formula is C17H19ClN2O2S3. The average Bonchev–Trinajstić information content (AvgIpc) is 3.16. The van der Waals surface area contributed by atoms with Gasteiger partial charge in [-0.05, 0) is 49.2 Å². The van der Waals surface area contributed by atoms with Crippen LogP contribution in [0.4, 0.5) is 0 Å². The van der Waals surface area contributed by atoms with Crippen molar-refractivity contribution in [2.75, 3.05) is 24.6 Å². The van der Waals surface area contributed by atoms with Crippen LogP contribution < -0.4 is 0 Å². The minimum Gasteiger partial charge on any atom is -0.249 e. The van der Waals surface area contributed by atoms with E-state index in [0.29, 0.717) is 13.1 Å². The van der Waals surface area contributed by atoms with Crippen LogP contribution in [0.3, 0.4) is 0 Å². The van der Waals surface area contributed by atoms with Crippen LogP contribution in [0.5, 0.6) is 0 Å². The molecular weight excluding hydrogens is 396 g/mol. The number of sulfonamides is 1. The molecule has 0 radical (unpaired) electrons. The molecule has 0 atom stereocenters. The lowest BCUT2D eigenvalue weighted by atomic mass is 10.4. The first kappa shape index (κ1) is 19.0. The summed E-state index contributed by atoms with van der Waals surface area (Å²) in [5.74, 6) is 1.85. The number of thioether (sulfide) groups is 2. The highest BCUT2D eigenvalue weighted by atomic mass is 35.5. The van der Waals surface area contributed by atoms with E-state index in [1.807, 2.05) is 24.3 Å². The van der Waals surface area contributed by atoms with Gasteiger partial charge >= 0.3 is 0 Å². The zero-order valence-electron chi connectivity index (χ0n) is 13.6. The van der Waals surface area contributed by atoms with Crippen LogP contribution in [-0.2, 0) is 10.0 Å². The van der Waals surface area contributed by atoms with Crippen LogP contribution in [-0.4, -0.2) is 42.3 Å². The Morgan fingerprint density at radius 1 is 1.00 bits per heavy atom. The number of pyridine rings is 1. The third-order valence-electron chi connectivity index (χ3n) is 3.83. The van der Waals surface area contributed by atoms with Crippen molar-refractivity contribution in [2.45, 2.75) is 27.7 Å². The molecule has 3 rings (SSSR count). The number of aromatic nitrogens is 1. The second-order valence-electron chi connectivity index (χ2n) is 5.59. The zero-order chi connectivity index (χ0) is 17.7. The van der Waals surface area contributed by atoms with E-state index < -0.39 is 10.0 Å². The Labute approximate surface area is 162 Å². The molecule has 1 aliphatic rings. The molecule has 1 aromatic carbocycles. The summed E-state index contributed by atoms with van der Waals surface area (Å²) in [5, 5.41) is 1.59. The van der Waals surface area contributed by atoms with Crippen molar-refractivity contribution in [3.63, 3.8) is 0 Å². The SMILES string of the molecule is O=S(=O)(c1ccc(SCCSc2ccc(Cl)cc2)nc1)N1CCCC1. The van der Waals surface area contributed by atoms with E-state index in [1.54, 1.807) is 40.0 Å². The Hall–Kier alpha value is -0.730. The van der Waals surface area contributed by atoms with E-state index in [9.17, 15) is 8.42 Å². The molecule has 0 amide bonds. The van der Waals surface area contributed by atoms with Gasteiger partial charge in [0.2, 0.25) is 10.0 Å². The van der Waals surface area contributed by atoms with Gasteiger partial charge in [0, 0.05) is 40.7 Å². The summed E-state index contributed by atoms with van der Waals surface area (Å²) in [6.07, 6.45) is 3.35. The van der Waals surface area contributed by atoms with E-state index in [-0.39, 0.29) is 4.90 Å². The summed E-state index contributed by atoms with van der Waals surface area (Å²) in [4.78, 5) is 5.77. The van der Waals surface area contributed by atoms with Crippen LogP contribution in [0.25, 0.3) is 0 Å². The van der Waals surface area contributed by atoms with Crippen molar-refractivity contribution in [3.8, 4) is 0 Å². The maximum atomic E-state index is 12.5. The fourth-order valence-corrected chi connectivity index (χ4v) is 5.84. The Bertz CT molecular complexity index is 790. The minimum absolute atomic E-state index is 0.286. The van der Waals surface area contributed by atoms with Crippen molar-refractivity contribution < 1.29 is 8.42 Å². The minimum atomic E-state index is -3.37. The molecule has 25 heavy (non-hydrogen) atoms. The first-order chi connectivity index (χ1) is 12.1. The molecule has 2 aromatic rings. The Balaban J connectivity index is 1.50. The molecule has 1 saturated heterocycles. The van der Waals surface area contributed by atoms with E-state index in [1.165, 1.54) is 11.1 Å². The average molecular weight is 415 g/mol. The molecule has 0 saturated carbocycles. The van der Waals surface area contributed by atoms with Crippen molar-refractivity contribution >= 4 is 45.1 Å². The summed E-state index contributed by atoms with van der Waals surface area (Å²) >= 11 is 9.26. The normalized spacial score (nSPS) is 15.6. The molecule has 0 aliphatic carbocycles. The molecule has 1 fully saturated rings. The zero-order valence-corrected chi connectivity index (χ0v) is 16.8. The highest BCUT2D eigenvalue weighted by molar-refractivity contribution is 8.02. The lowest BCUT2D eigenvalue weighted by Gasteiger charge is -2.15. The molecule has 0 unspecified atom stereocenters. The molecule has 0 bridgehead atoms. The predicted molar refractivity (Wildman–Crippen MR) is 105 cm³/mol.